The molecule has 0 unspecified atom stereocenters. The third-order valence-electron chi connectivity index (χ3n) is 2.58. The standard InChI is InChI=1S/C14H15N3O2.3CHO.Re/c18-14(19)11-17(9-12-5-1-3-7-15-12)10-13-6-2-4-8-16-13;3*1-2;/h1-8H,9-11H2,(H,18,19);3*1H;/q;3*-1;. The van der Waals surface area contributed by atoms with Crippen molar-refractivity contribution >= 4 is 26.3 Å². The number of rotatable bonds is 6. The van der Waals surface area contributed by atoms with Crippen LogP contribution in [0, 0.1) is 0 Å². The minimum absolute atomic E-state index is 0. The molecule has 0 aliphatic carbocycles. The fraction of sp³-hybridized carbons (Fsp3) is 0.176. The first-order valence-electron chi connectivity index (χ1n) is 6.69. The van der Waals surface area contributed by atoms with Crippen molar-refractivity contribution in [2.24, 2.45) is 0 Å². The molecule has 2 aromatic rings. The number of pyridine rings is 2. The monoisotopic (exact) mass is 531 g/mol. The summed E-state index contributed by atoms with van der Waals surface area (Å²) in [6.45, 7) is 10.7. The van der Waals surface area contributed by atoms with Crippen LogP contribution in [0.15, 0.2) is 48.8 Å². The van der Waals surface area contributed by atoms with Gasteiger partial charge in [-0.2, -0.15) is 0 Å². The Labute approximate surface area is 165 Å². The molecule has 141 valence electrons. The van der Waals surface area contributed by atoms with Crippen LogP contribution in [-0.4, -0.2) is 52.9 Å². The van der Waals surface area contributed by atoms with Crippen LogP contribution in [0.25, 0.3) is 0 Å². The van der Waals surface area contributed by atoms with Gasteiger partial charge in [0.1, 0.15) is 0 Å². The molecular formula is C17H18N3O5Re-3. The van der Waals surface area contributed by atoms with Gasteiger partial charge >= 0.3 is 5.97 Å². The molecular weight excluding hydrogens is 512 g/mol. The molecule has 8 nitrogen and oxygen atoms in total. The zero-order chi connectivity index (χ0) is 19.5. The molecule has 0 spiro atoms. The quantitative estimate of drug-likeness (QED) is 0.429. The molecule has 0 bridgehead atoms. The molecule has 9 heteroatoms. The number of carboxylic acid groups (broad SMARTS) is 1. The molecule has 0 saturated carbocycles. The first-order valence-corrected chi connectivity index (χ1v) is 6.69. The predicted molar refractivity (Wildman–Crippen MR) is 90.5 cm³/mol. The summed E-state index contributed by atoms with van der Waals surface area (Å²) in [7, 11) is 0. The first-order chi connectivity index (χ1) is 12.2. The molecule has 0 saturated heterocycles. The number of carboxylic acids is 1. The van der Waals surface area contributed by atoms with Gasteiger partial charge in [0.15, 0.2) is 0 Å². The molecule has 0 fully saturated rings. The average molecular weight is 531 g/mol. The number of hydrogen-bond donors (Lipinski definition) is 1. The van der Waals surface area contributed by atoms with Crippen molar-refractivity contribution in [3.05, 3.63) is 60.2 Å². The van der Waals surface area contributed by atoms with E-state index in [0.717, 1.165) is 11.4 Å². The summed E-state index contributed by atoms with van der Waals surface area (Å²) in [4.78, 5) is 44.4. The Morgan fingerprint density at radius 3 is 1.50 bits per heavy atom. The molecule has 2 aromatic heterocycles. The number of aliphatic carboxylic acids is 1. The Hall–Kier alpha value is -2.60. The maximum Gasteiger partial charge on any atom is 0.317 e. The summed E-state index contributed by atoms with van der Waals surface area (Å²) in [5.41, 5.74) is 1.69. The fourth-order valence-corrected chi connectivity index (χ4v) is 1.80. The molecule has 1 radical (unpaired) electrons. The van der Waals surface area contributed by atoms with E-state index in [2.05, 4.69) is 30.3 Å². The number of aromatic nitrogens is 2. The van der Waals surface area contributed by atoms with Crippen molar-refractivity contribution in [1.29, 1.82) is 0 Å². The number of nitrogens with zero attached hydrogens (tertiary/aromatic N) is 3. The second-order valence-electron chi connectivity index (χ2n) is 4.18. The summed E-state index contributed by atoms with van der Waals surface area (Å²) < 4.78 is 0. The van der Waals surface area contributed by atoms with Crippen LogP contribution in [0.3, 0.4) is 0 Å². The van der Waals surface area contributed by atoms with E-state index in [1.807, 2.05) is 36.4 Å². The Morgan fingerprint density at radius 1 is 0.846 bits per heavy atom. The second kappa shape index (κ2) is 20.4. The molecule has 0 atom stereocenters. The van der Waals surface area contributed by atoms with Crippen molar-refractivity contribution in [1.82, 2.24) is 14.9 Å². The molecule has 0 aliphatic rings. The molecule has 0 amide bonds. The molecule has 2 rings (SSSR count). The molecule has 2 heterocycles. The maximum absolute atomic E-state index is 10.9. The summed E-state index contributed by atoms with van der Waals surface area (Å²) in [6, 6.07) is 11.2. The maximum atomic E-state index is 10.9. The summed E-state index contributed by atoms with van der Waals surface area (Å²) in [5, 5.41) is 8.96. The van der Waals surface area contributed by atoms with E-state index in [-0.39, 0.29) is 27.0 Å². The van der Waals surface area contributed by atoms with E-state index < -0.39 is 5.97 Å². The first kappa shape index (κ1) is 28.2. The van der Waals surface area contributed by atoms with Gasteiger partial charge in [0.05, 0.1) is 17.9 Å². The van der Waals surface area contributed by atoms with Crippen LogP contribution in [-0.2, 0) is 52.7 Å². The van der Waals surface area contributed by atoms with Crippen molar-refractivity contribution in [2.75, 3.05) is 6.54 Å². The van der Waals surface area contributed by atoms with Gasteiger partial charge < -0.3 is 19.5 Å². The zero-order valence-electron chi connectivity index (χ0n) is 13.8. The Morgan fingerprint density at radius 2 is 1.23 bits per heavy atom. The van der Waals surface area contributed by atoms with Gasteiger partial charge in [-0.25, -0.2) is 0 Å². The third-order valence-corrected chi connectivity index (χ3v) is 2.58. The summed E-state index contributed by atoms with van der Waals surface area (Å²) >= 11 is 0. The van der Waals surface area contributed by atoms with E-state index in [9.17, 15) is 4.79 Å². The van der Waals surface area contributed by atoms with E-state index in [4.69, 9.17) is 19.5 Å². The molecule has 26 heavy (non-hydrogen) atoms. The van der Waals surface area contributed by atoms with E-state index in [0.29, 0.717) is 13.1 Å². The zero-order valence-corrected chi connectivity index (χ0v) is 16.5. The molecule has 0 aromatic carbocycles. The SMILES string of the molecule is O=C(O)CN(Cc1ccccn1)Cc1ccccn1.[CH-]=O.[CH-]=O.[CH-]=O.[Re]. The summed E-state index contributed by atoms with van der Waals surface area (Å²) in [5.74, 6) is -0.855. The largest absolute Gasteiger partial charge is 0.545 e. The van der Waals surface area contributed by atoms with E-state index in [1.165, 1.54) is 0 Å². The van der Waals surface area contributed by atoms with Crippen molar-refractivity contribution < 1.29 is 44.7 Å². The normalized spacial score (nSPS) is 8.19. The van der Waals surface area contributed by atoms with Crippen molar-refractivity contribution in [2.45, 2.75) is 13.1 Å². The van der Waals surface area contributed by atoms with Gasteiger partial charge in [-0.05, 0) is 24.3 Å². The van der Waals surface area contributed by atoms with Gasteiger partial charge in [-0.15, -0.1) is 0 Å². The van der Waals surface area contributed by atoms with Crippen LogP contribution in [0.5, 0.6) is 0 Å². The average Bonchev–Trinajstić information content (AvgIpc) is 2.68. The van der Waals surface area contributed by atoms with Crippen LogP contribution in [0.2, 0.25) is 0 Å². The smallest absolute Gasteiger partial charge is 0.317 e. The third kappa shape index (κ3) is 13.8. The minimum atomic E-state index is -0.855. The van der Waals surface area contributed by atoms with Crippen LogP contribution in [0.1, 0.15) is 11.4 Å². The molecule has 0 aliphatic heterocycles. The van der Waals surface area contributed by atoms with Crippen molar-refractivity contribution in [3.63, 3.8) is 0 Å². The van der Waals surface area contributed by atoms with E-state index in [1.54, 1.807) is 17.3 Å². The predicted octanol–water partition coefficient (Wildman–Crippen LogP) is 0.739. The van der Waals surface area contributed by atoms with Crippen molar-refractivity contribution in [3.8, 4) is 0 Å². The van der Waals surface area contributed by atoms with Gasteiger partial charge in [0.25, 0.3) is 0 Å². The van der Waals surface area contributed by atoms with Crippen LogP contribution < -0.4 is 0 Å². The Balaban J connectivity index is -0.000000686. The van der Waals surface area contributed by atoms with Gasteiger partial charge in [-0.1, -0.05) is 12.1 Å². The second-order valence-corrected chi connectivity index (χ2v) is 4.18. The topological polar surface area (TPSA) is 118 Å². The van der Waals surface area contributed by atoms with Gasteiger partial charge in [0.2, 0.25) is 0 Å². The fourth-order valence-electron chi connectivity index (χ4n) is 1.80. The number of hydrogen-bond acceptors (Lipinski definition) is 7. The Bertz CT molecular complexity index is 529. The number of carbonyl (C=O) groups is 1. The van der Waals surface area contributed by atoms with Crippen LogP contribution >= 0.6 is 0 Å². The van der Waals surface area contributed by atoms with Crippen LogP contribution in [0.4, 0.5) is 0 Å². The van der Waals surface area contributed by atoms with E-state index >= 15 is 0 Å². The minimum Gasteiger partial charge on any atom is -0.545 e. The molecule has 1 N–H and O–H groups in total. The number of carbonyl (C=O) groups excluding carboxylic acids is 3. The Kier molecular flexibility index (Phi) is 22.2. The van der Waals surface area contributed by atoms with Gasteiger partial charge in [0, 0.05) is 45.9 Å². The summed E-state index contributed by atoms with van der Waals surface area (Å²) in [6.07, 6.45) is 3.41. The van der Waals surface area contributed by atoms with Gasteiger partial charge in [-0.3, -0.25) is 40.0 Å².